The third kappa shape index (κ3) is 4.22. The van der Waals surface area contributed by atoms with Crippen molar-refractivity contribution in [1.82, 2.24) is 9.80 Å². The zero-order valence-corrected chi connectivity index (χ0v) is 15.7. The lowest BCUT2D eigenvalue weighted by atomic mass is 10.1. The number of rotatable bonds is 5. The van der Waals surface area contributed by atoms with Crippen molar-refractivity contribution >= 4 is 11.8 Å². The van der Waals surface area contributed by atoms with E-state index in [1.165, 1.54) is 0 Å². The summed E-state index contributed by atoms with van der Waals surface area (Å²) in [5, 5.41) is 0. The van der Waals surface area contributed by atoms with Crippen LogP contribution < -0.4 is 9.47 Å². The van der Waals surface area contributed by atoms with Gasteiger partial charge in [0.15, 0.2) is 0 Å². The van der Waals surface area contributed by atoms with Crippen molar-refractivity contribution in [3.05, 3.63) is 59.7 Å². The van der Waals surface area contributed by atoms with Crippen LogP contribution in [0.5, 0.6) is 11.5 Å². The number of amides is 2. The molecule has 1 fully saturated rings. The van der Waals surface area contributed by atoms with Gasteiger partial charge in [-0.3, -0.25) is 9.59 Å². The van der Waals surface area contributed by atoms with E-state index in [4.69, 9.17) is 9.47 Å². The molecule has 0 radical (unpaired) electrons. The average Bonchev–Trinajstić information content (AvgIpc) is 2.73. The van der Waals surface area contributed by atoms with Gasteiger partial charge in [0.25, 0.3) is 11.8 Å². The second-order valence-corrected chi connectivity index (χ2v) is 6.24. The van der Waals surface area contributed by atoms with Crippen LogP contribution in [0.15, 0.2) is 48.5 Å². The third-order valence-corrected chi connectivity index (χ3v) is 4.60. The van der Waals surface area contributed by atoms with Crippen molar-refractivity contribution in [3.8, 4) is 11.5 Å². The van der Waals surface area contributed by atoms with Crippen molar-refractivity contribution in [1.29, 1.82) is 0 Å². The molecule has 0 unspecified atom stereocenters. The van der Waals surface area contributed by atoms with Crippen molar-refractivity contribution < 1.29 is 19.1 Å². The first-order valence-electron chi connectivity index (χ1n) is 9.08. The Balaban J connectivity index is 1.61. The Morgan fingerprint density at radius 1 is 0.889 bits per heavy atom. The molecule has 2 aromatic rings. The normalized spacial score (nSPS) is 14.0. The molecule has 2 amide bonds. The molecule has 1 saturated heterocycles. The monoisotopic (exact) mass is 368 g/mol. The SMILES string of the molecule is CCOc1ccc(C(=O)N2CCN(C(=O)c3ccccc3OC)CC2)cc1. The van der Waals surface area contributed by atoms with Crippen LogP contribution >= 0.6 is 0 Å². The summed E-state index contributed by atoms with van der Waals surface area (Å²) in [6.45, 7) is 4.53. The van der Waals surface area contributed by atoms with Crippen LogP contribution in [-0.2, 0) is 0 Å². The molecule has 0 atom stereocenters. The third-order valence-electron chi connectivity index (χ3n) is 4.60. The van der Waals surface area contributed by atoms with Crippen LogP contribution in [0, 0.1) is 0 Å². The lowest BCUT2D eigenvalue weighted by Crippen LogP contribution is -2.50. The van der Waals surface area contributed by atoms with Gasteiger partial charge in [-0.15, -0.1) is 0 Å². The van der Waals surface area contributed by atoms with E-state index in [0.29, 0.717) is 49.7 Å². The maximum Gasteiger partial charge on any atom is 0.257 e. The van der Waals surface area contributed by atoms with Gasteiger partial charge in [-0.1, -0.05) is 12.1 Å². The molecular weight excluding hydrogens is 344 g/mol. The smallest absolute Gasteiger partial charge is 0.257 e. The summed E-state index contributed by atoms with van der Waals surface area (Å²) in [5.74, 6) is 1.22. The zero-order chi connectivity index (χ0) is 19.2. The largest absolute Gasteiger partial charge is 0.496 e. The molecule has 27 heavy (non-hydrogen) atoms. The molecule has 6 heteroatoms. The number of hydrogen-bond acceptors (Lipinski definition) is 4. The van der Waals surface area contributed by atoms with E-state index >= 15 is 0 Å². The quantitative estimate of drug-likeness (QED) is 0.814. The molecule has 142 valence electrons. The minimum Gasteiger partial charge on any atom is -0.496 e. The molecule has 6 nitrogen and oxygen atoms in total. The number of para-hydroxylation sites is 1. The topological polar surface area (TPSA) is 59.1 Å². The predicted molar refractivity (Wildman–Crippen MR) is 102 cm³/mol. The summed E-state index contributed by atoms with van der Waals surface area (Å²) in [6, 6.07) is 14.4. The Kier molecular flexibility index (Phi) is 5.96. The van der Waals surface area contributed by atoms with Gasteiger partial charge in [0.05, 0.1) is 19.3 Å². The zero-order valence-electron chi connectivity index (χ0n) is 15.7. The maximum absolute atomic E-state index is 12.8. The van der Waals surface area contributed by atoms with Gasteiger partial charge in [-0.2, -0.15) is 0 Å². The highest BCUT2D eigenvalue weighted by molar-refractivity contribution is 5.97. The molecule has 0 bridgehead atoms. The number of ether oxygens (including phenoxy) is 2. The number of carbonyl (C=O) groups is 2. The van der Waals surface area contributed by atoms with Crippen LogP contribution in [0.25, 0.3) is 0 Å². The van der Waals surface area contributed by atoms with Gasteiger partial charge in [0.2, 0.25) is 0 Å². The molecule has 1 heterocycles. The van der Waals surface area contributed by atoms with E-state index < -0.39 is 0 Å². The Hall–Kier alpha value is -3.02. The summed E-state index contributed by atoms with van der Waals surface area (Å²) >= 11 is 0. The highest BCUT2D eigenvalue weighted by Crippen LogP contribution is 2.21. The molecule has 1 aliphatic rings. The second kappa shape index (κ2) is 8.58. The Morgan fingerprint density at radius 2 is 1.48 bits per heavy atom. The standard InChI is InChI=1S/C21H24N2O4/c1-3-27-17-10-8-16(9-11-17)20(24)22-12-14-23(15-13-22)21(25)18-6-4-5-7-19(18)26-2/h4-11H,3,12-15H2,1-2H3. The van der Waals surface area contributed by atoms with Gasteiger partial charge in [0, 0.05) is 31.7 Å². The molecule has 0 saturated carbocycles. The average molecular weight is 368 g/mol. The Bertz CT molecular complexity index is 796. The van der Waals surface area contributed by atoms with Gasteiger partial charge in [-0.05, 0) is 43.3 Å². The van der Waals surface area contributed by atoms with E-state index in [2.05, 4.69) is 0 Å². The number of nitrogens with zero attached hydrogens (tertiary/aromatic N) is 2. The van der Waals surface area contributed by atoms with E-state index in [9.17, 15) is 9.59 Å². The number of benzene rings is 2. The molecule has 1 aliphatic heterocycles. The molecule has 0 aromatic heterocycles. The Labute approximate surface area is 159 Å². The second-order valence-electron chi connectivity index (χ2n) is 6.24. The van der Waals surface area contributed by atoms with Gasteiger partial charge in [0.1, 0.15) is 11.5 Å². The van der Waals surface area contributed by atoms with Crippen LogP contribution in [-0.4, -0.2) is 61.5 Å². The summed E-state index contributed by atoms with van der Waals surface area (Å²) in [7, 11) is 1.56. The van der Waals surface area contributed by atoms with Crippen LogP contribution in [0.2, 0.25) is 0 Å². The molecule has 0 N–H and O–H groups in total. The van der Waals surface area contributed by atoms with Gasteiger partial charge in [-0.25, -0.2) is 0 Å². The summed E-state index contributed by atoms with van der Waals surface area (Å²) < 4.78 is 10.7. The van der Waals surface area contributed by atoms with E-state index in [1.807, 2.05) is 19.1 Å². The number of methoxy groups -OCH3 is 1. The number of piperazine rings is 1. The fourth-order valence-corrected chi connectivity index (χ4v) is 3.15. The predicted octanol–water partition coefficient (Wildman–Crippen LogP) is 2.69. The number of hydrogen-bond donors (Lipinski definition) is 0. The van der Waals surface area contributed by atoms with Crippen molar-refractivity contribution in [2.24, 2.45) is 0 Å². The van der Waals surface area contributed by atoms with Crippen molar-refractivity contribution in [2.45, 2.75) is 6.92 Å². The van der Waals surface area contributed by atoms with Crippen molar-refractivity contribution in [2.75, 3.05) is 39.9 Å². The minimum atomic E-state index is -0.0689. The van der Waals surface area contributed by atoms with Crippen molar-refractivity contribution in [3.63, 3.8) is 0 Å². The van der Waals surface area contributed by atoms with Crippen LogP contribution in [0.1, 0.15) is 27.6 Å². The highest BCUT2D eigenvalue weighted by atomic mass is 16.5. The summed E-state index contributed by atoms with van der Waals surface area (Å²) in [5.41, 5.74) is 1.18. The summed E-state index contributed by atoms with van der Waals surface area (Å²) in [4.78, 5) is 29.0. The van der Waals surface area contributed by atoms with E-state index in [0.717, 1.165) is 5.75 Å². The fraction of sp³-hybridized carbons (Fsp3) is 0.333. The fourth-order valence-electron chi connectivity index (χ4n) is 3.15. The van der Waals surface area contributed by atoms with E-state index in [-0.39, 0.29) is 11.8 Å². The molecule has 0 spiro atoms. The molecule has 2 aromatic carbocycles. The lowest BCUT2D eigenvalue weighted by Gasteiger charge is -2.35. The summed E-state index contributed by atoms with van der Waals surface area (Å²) in [6.07, 6.45) is 0. The van der Waals surface area contributed by atoms with Crippen LogP contribution in [0.3, 0.4) is 0 Å². The lowest BCUT2D eigenvalue weighted by molar-refractivity contribution is 0.0533. The molecular formula is C21H24N2O4. The first kappa shape index (κ1) is 18.8. The van der Waals surface area contributed by atoms with Gasteiger partial charge < -0.3 is 19.3 Å². The highest BCUT2D eigenvalue weighted by Gasteiger charge is 2.26. The first-order chi connectivity index (χ1) is 13.1. The Morgan fingerprint density at radius 3 is 2.07 bits per heavy atom. The molecule has 3 rings (SSSR count). The van der Waals surface area contributed by atoms with E-state index in [1.54, 1.807) is 53.3 Å². The van der Waals surface area contributed by atoms with Gasteiger partial charge >= 0.3 is 0 Å². The number of carbonyl (C=O) groups excluding carboxylic acids is 2. The maximum atomic E-state index is 12.8. The minimum absolute atomic E-state index is 0.0255. The van der Waals surface area contributed by atoms with Crippen LogP contribution in [0.4, 0.5) is 0 Å². The first-order valence-corrected chi connectivity index (χ1v) is 9.08. The molecule has 0 aliphatic carbocycles.